The molecule has 1 N–H and O–H groups in total. The summed E-state index contributed by atoms with van der Waals surface area (Å²) in [5.41, 5.74) is 2.82. The molecule has 2 aliphatic heterocycles. The Balaban J connectivity index is 0.981. The molecule has 3 aromatic carbocycles. The highest BCUT2D eigenvalue weighted by atomic mass is 19.1. The fourth-order valence-corrected chi connectivity index (χ4v) is 6.41. The fraction of sp³-hybridized carbons (Fsp3) is 0.270. The van der Waals surface area contributed by atoms with Gasteiger partial charge in [0.1, 0.15) is 35.6 Å². The van der Waals surface area contributed by atoms with Crippen molar-refractivity contribution in [2.24, 2.45) is 0 Å². The van der Waals surface area contributed by atoms with Crippen molar-refractivity contribution in [1.82, 2.24) is 34.4 Å². The Morgan fingerprint density at radius 1 is 0.961 bits per heavy atom. The summed E-state index contributed by atoms with van der Waals surface area (Å²) in [5, 5.41) is 17.9. The van der Waals surface area contributed by atoms with Gasteiger partial charge in [0.25, 0.3) is 0 Å². The van der Waals surface area contributed by atoms with Crippen molar-refractivity contribution in [1.29, 1.82) is 0 Å². The summed E-state index contributed by atoms with van der Waals surface area (Å²) in [6.07, 6.45) is 2.52. The van der Waals surface area contributed by atoms with E-state index in [-0.39, 0.29) is 59.0 Å². The maximum Gasteiger partial charge on any atom is 0.335 e. The molecule has 5 heterocycles. The smallest absolute Gasteiger partial charge is 0.335 e. The first kappa shape index (κ1) is 32.6. The molecule has 3 aromatic heterocycles. The number of imidazole rings is 1. The number of likely N-dealkylation sites (tertiary alicyclic amines) is 1. The normalized spacial score (nSPS) is 16.3. The second-order valence-electron chi connectivity index (χ2n) is 12.9. The Morgan fingerprint density at radius 2 is 1.78 bits per heavy atom. The van der Waals surface area contributed by atoms with Gasteiger partial charge >= 0.3 is 5.97 Å². The van der Waals surface area contributed by atoms with Gasteiger partial charge in [-0.1, -0.05) is 23.4 Å². The van der Waals surface area contributed by atoms with E-state index in [1.54, 1.807) is 35.0 Å². The minimum atomic E-state index is -1.07. The Kier molecular flexibility index (Phi) is 8.48. The number of aromatic nitrogens is 6. The molecule has 0 aliphatic carbocycles. The van der Waals surface area contributed by atoms with Crippen LogP contribution in [0, 0.1) is 17.5 Å². The molecule has 11 nitrogen and oxygen atoms in total. The zero-order valence-corrected chi connectivity index (χ0v) is 27.5. The number of hydrogen-bond donors (Lipinski definition) is 1. The Morgan fingerprint density at radius 3 is 2.53 bits per heavy atom. The SMILES string of the molecule is CN1CC(n2cc(-c3ccc(COc4cccc(-c5cc(F)c(Cc6nc7ccc(C(=O)O)cc7n6CC6CCO6)cc5F)n4)c(F)c3)nn2)C1. The maximum absolute atomic E-state index is 15.6. The summed E-state index contributed by atoms with van der Waals surface area (Å²) in [4.78, 5) is 22.8. The Hall–Kier alpha value is -5.60. The summed E-state index contributed by atoms with van der Waals surface area (Å²) in [7, 11) is 2.03. The van der Waals surface area contributed by atoms with Crippen LogP contribution in [0.5, 0.6) is 5.88 Å². The zero-order valence-electron chi connectivity index (χ0n) is 27.5. The molecule has 260 valence electrons. The zero-order chi connectivity index (χ0) is 35.2. The maximum atomic E-state index is 15.6. The number of halogens is 3. The number of nitrogens with zero attached hydrogens (tertiary/aromatic N) is 7. The van der Waals surface area contributed by atoms with Crippen molar-refractivity contribution < 1.29 is 32.5 Å². The molecular weight excluding hydrogens is 663 g/mol. The van der Waals surface area contributed by atoms with Crippen LogP contribution in [0.25, 0.3) is 33.5 Å². The average Bonchev–Trinajstić information content (AvgIpc) is 3.70. The van der Waals surface area contributed by atoms with Crippen LogP contribution in [-0.2, 0) is 24.3 Å². The highest BCUT2D eigenvalue weighted by Crippen LogP contribution is 2.30. The van der Waals surface area contributed by atoms with Crippen LogP contribution in [0.4, 0.5) is 13.2 Å². The topological polar surface area (TPSA) is 120 Å². The highest BCUT2D eigenvalue weighted by molar-refractivity contribution is 5.92. The largest absolute Gasteiger partial charge is 0.478 e. The van der Waals surface area contributed by atoms with Crippen LogP contribution in [-0.4, -0.2) is 78.4 Å². The number of carboxylic acid groups (broad SMARTS) is 1. The van der Waals surface area contributed by atoms with E-state index in [4.69, 9.17) is 9.47 Å². The number of ether oxygens (including phenoxy) is 2. The number of pyridine rings is 1. The van der Waals surface area contributed by atoms with Gasteiger partial charge in [-0.15, -0.1) is 5.10 Å². The first-order valence-electron chi connectivity index (χ1n) is 16.5. The molecule has 0 spiro atoms. The Labute approximate surface area is 289 Å². The van der Waals surface area contributed by atoms with E-state index in [2.05, 4.69) is 25.2 Å². The summed E-state index contributed by atoms with van der Waals surface area (Å²) >= 11 is 0. The van der Waals surface area contributed by atoms with Gasteiger partial charge in [-0.2, -0.15) is 0 Å². The summed E-state index contributed by atoms with van der Waals surface area (Å²) in [6.45, 7) is 2.67. The molecule has 2 aliphatic rings. The molecule has 0 radical (unpaired) electrons. The van der Waals surface area contributed by atoms with Crippen molar-refractivity contribution in [3.8, 4) is 28.4 Å². The van der Waals surface area contributed by atoms with Gasteiger partial charge in [-0.3, -0.25) is 0 Å². The first-order chi connectivity index (χ1) is 24.7. The molecule has 2 saturated heterocycles. The third-order valence-corrected chi connectivity index (χ3v) is 9.39. The van der Waals surface area contributed by atoms with Crippen molar-refractivity contribution in [3.63, 3.8) is 0 Å². The van der Waals surface area contributed by atoms with Crippen molar-refractivity contribution in [3.05, 3.63) is 113 Å². The lowest BCUT2D eigenvalue weighted by atomic mass is 10.0. The van der Waals surface area contributed by atoms with Crippen LogP contribution in [0.1, 0.15) is 39.8 Å². The molecule has 6 aromatic rings. The molecule has 14 heteroatoms. The van der Waals surface area contributed by atoms with E-state index in [1.165, 1.54) is 24.3 Å². The van der Waals surface area contributed by atoms with Gasteiger partial charge in [0, 0.05) is 48.9 Å². The first-order valence-corrected chi connectivity index (χ1v) is 16.5. The number of carboxylic acids is 1. The van der Waals surface area contributed by atoms with E-state index in [0.29, 0.717) is 41.3 Å². The summed E-state index contributed by atoms with van der Waals surface area (Å²) < 4.78 is 61.3. The number of fused-ring (bicyclic) bond motifs is 1. The van der Waals surface area contributed by atoms with E-state index >= 15 is 13.2 Å². The van der Waals surface area contributed by atoms with Crippen molar-refractivity contribution >= 4 is 17.0 Å². The van der Waals surface area contributed by atoms with Crippen LogP contribution in [0.3, 0.4) is 0 Å². The predicted molar refractivity (Wildman–Crippen MR) is 180 cm³/mol. The molecule has 51 heavy (non-hydrogen) atoms. The standard InChI is InChI=1S/C37H32F3N7O4/c1-45-16-25(17-45)47-19-33(43-44-47)21-5-6-23(28(38)11-21)20-51-36-4-2-3-31(42-36)27-15-29(39)24(12-30(27)40)14-35-41-32-8-7-22(37(48)49)13-34(32)46(35)18-26-9-10-50-26/h2-8,11-13,15,19,25-26H,9-10,14,16-18,20H2,1H3,(H,48,49). The van der Waals surface area contributed by atoms with E-state index in [9.17, 15) is 9.90 Å². The molecule has 0 bridgehead atoms. The Bertz CT molecular complexity index is 2280. The second-order valence-corrected chi connectivity index (χ2v) is 12.9. The van der Waals surface area contributed by atoms with Gasteiger partial charge in [-0.25, -0.2) is 32.6 Å². The van der Waals surface area contributed by atoms with Crippen LogP contribution < -0.4 is 4.74 Å². The number of hydrogen-bond acceptors (Lipinski definition) is 8. The monoisotopic (exact) mass is 695 g/mol. The third-order valence-electron chi connectivity index (χ3n) is 9.39. The van der Waals surface area contributed by atoms with Crippen molar-refractivity contribution in [2.45, 2.75) is 38.1 Å². The molecule has 0 saturated carbocycles. The predicted octanol–water partition coefficient (Wildman–Crippen LogP) is 5.92. The molecule has 8 rings (SSSR count). The van der Waals surface area contributed by atoms with Gasteiger partial charge in [-0.05, 0) is 61.5 Å². The lowest BCUT2D eigenvalue weighted by Gasteiger charge is -2.35. The van der Waals surface area contributed by atoms with Crippen molar-refractivity contribution in [2.75, 3.05) is 26.7 Å². The molecule has 0 amide bonds. The van der Waals surface area contributed by atoms with Gasteiger partial charge in [0.05, 0.1) is 47.2 Å². The lowest BCUT2D eigenvalue weighted by molar-refractivity contribution is -0.0589. The van der Waals surface area contributed by atoms with E-state index in [0.717, 1.165) is 31.6 Å². The quantitative estimate of drug-likeness (QED) is 0.176. The molecule has 1 atom stereocenters. The molecule has 2 fully saturated rings. The van der Waals surface area contributed by atoms with Gasteiger partial charge < -0.3 is 24.0 Å². The minimum Gasteiger partial charge on any atom is -0.478 e. The number of benzene rings is 3. The van der Waals surface area contributed by atoms with E-state index in [1.807, 2.05) is 17.8 Å². The van der Waals surface area contributed by atoms with Gasteiger partial charge in [0.15, 0.2) is 0 Å². The number of aromatic carboxylic acids is 1. The summed E-state index contributed by atoms with van der Waals surface area (Å²) in [5.74, 6) is -2.35. The highest BCUT2D eigenvalue weighted by Gasteiger charge is 2.27. The molecule has 1 unspecified atom stereocenters. The average molecular weight is 696 g/mol. The van der Waals surface area contributed by atoms with E-state index < -0.39 is 23.4 Å². The third kappa shape index (κ3) is 6.55. The number of likely N-dealkylation sites (N-methyl/N-ethyl adjacent to an activating group) is 1. The molecular formula is C37H32F3N7O4. The summed E-state index contributed by atoms with van der Waals surface area (Å²) in [6, 6.07) is 16.5. The second kappa shape index (κ2) is 13.3. The van der Waals surface area contributed by atoms with Crippen LogP contribution in [0.15, 0.2) is 72.9 Å². The minimum absolute atomic E-state index is 0.0374. The number of rotatable bonds is 11. The van der Waals surface area contributed by atoms with Crippen LogP contribution in [0.2, 0.25) is 0 Å². The number of carbonyl (C=O) groups is 1. The van der Waals surface area contributed by atoms with Crippen LogP contribution >= 0.6 is 0 Å². The lowest BCUT2D eigenvalue weighted by Crippen LogP contribution is -2.45. The van der Waals surface area contributed by atoms with Gasteiger partial charge in [0.2, 0.25) is 5.88 Å². The fourth-order valence-electron chi connectivity index (χ4n) is 6.41.